The lowest BCUT2D eigenvalue weighted by molar-refractivity contribution is -0.132. The van der Waals surface area contributed by atoms with E-state index in [4.69, 9.17) is 11.6 Å². The topological polar surface area (TPSA) is 23.6 Å². The molecule has 3 nitrogen and oxygen atoms in total. The largest absolute Gasteiger partial charge is 0.340 e. The molecule has 1 aliphatic rings. The number of nitrogens with zero attached hydrogens (tertiary/aromatic N) is 2. The van der Waals surface area contributed by atoms with E-state index in [1.165, 1.54) is 11.6 Å². The molecule has 0 spiro atoms. The second-order valence-corrected chi connectivity index (χ2v) is 6.84. The Morgan fingerprint density at radius 2 is 1.81 bits per heavy atom. The summed E-state index contributed by atoms with van der Waals surface area (Å²) in [7, 11) is 0. The molecule has 1 aliphatic heterocycles. The van der Waals surface area contributed by atoms with Crippen LogP contribution in [0.3, 0.4) is 0 Å². The van der Waals surface area contributed by atoms with Crippen LogP contribution in [0.2, 0.25) is 5.02 Å². The van der Waals surface area contributed by atoms with Crippen LogP contribution in [0, 0.1) is 5.82 Å². The Balaban J connectivity index is 1.45. The van der Waals surface area contributed by atoms with Gasteiger partial charge in [0.1, 0.15) is 5.82 Å². The number of halogens is 2. The molecule has 0 atom stereocenters. The second-order valence-electron chi connectivity index (χ2n) is 6.41. The molecule has 0 radical (unpaired) electrons. The minimum absolute atomic E-state index is 0.0364. The Bertz CT molecular complexity index is 771. The lowest BCUT2D eigenvalue weighted by atomic mass is 10.1. The van der Waals surface area contributed by atoms with Gasteiger partial charge in [-0.05, 0) is 23.3 Å². The maximum absolute atomic E-state index is 13.8. The van der Waals surface area contributed by atoms with Crippen LogP contribution >= 0.6 is 11.6 Å². The number of benzene rings is 2. The molecule has 0 bridgehead atoms. The minimum Gasteiger partial charge on any atom is -0.340 e. The zero-order valence-corrected chi connectivity index (χ0v) is 15.3. The summed E-state index contributed by atoms with van der Waals surface area (Å²) in [4.78, 5) is 16.5. The van der Waals surface area contributed by atoms with Gasteiger partial charge in [-0.2, -0.15) is 0 Å². The SMILES string of the molecule is O=C(Cc1ccc(Cl)cc1F)N1CCN(CC=Cc2ccccc2)CC1. The highest BCUT2D eigenvalue weighted by atomic mass is 35.5. The molecule has 3 rings (SSSR count). The van der Waals surface area contributed by atoms with Gasteiger partial charge in [0.15, 0.2) is 0 Å². The number of hydrogen-bond acceptors (Lipinski definition) is 2. The number of amides is 1. The fourth-order valence-electron chi connectivity index (χ4n) is 3.02. The highest BCUT2D eigenvalue weighted by Crippen LogP contribution is 2.16. The van der Waals surface area contributed by atoms with Crippen molar-refractivity contribution in [2.45, 2.75) is 6.42 Å². The van der Waals surface area contributed by atoms with Crippen LogP contribution in [0.25, 0.3) is 6.08 Å². The second kappa shape index (κ2) is 8.97. The first kappa shape index (κ1) is 18.6. The molecular formula is C21H22ClFN2O. The van der Waals surface area contributed by atoms with Crippen LogP contribution in [0.4, 0.5) is 4.39 Å². The fraction of sp³-hybridized carbons (Fsp3) is 0.286. The Morgan fingerprint density at radius 1 is 1.08 bits per heavy atom. The zero-order chi connectivity index (χ0) is 18.4. The van der Waals surface area contributed by atoms with E-state index in [1.807, 2.05) is 23.1 Å². The first-order valence-electron chi connectivity index (χ1n) is 8.77. The molecule has 1 saturated heterocycles. The molecule has 0 N–H and O–H groups in total. The molecule has 0 aliphatic carbocycles. The molecule has 1 fully saturated rings. The zero-order valence-electron chi connectivity index (χ0n) is 14.6. The predicted molar refractivity (Wildman–Crippen MR) is 104 cm³/mol. The van der Waals surface area contributed by atoms with Gasteiger partial charge in [-0.25, -0.2) is 4.39 Å². The Morgan fingerprint density at radius 3 is 2.50 bits per heavy atom. The van der Waals surface area contributed by atoms with Gasteiger partial charge in [0, 0.05) is 37.7 Å². The summed E-state index contributed by atoms with van der Waals surface area (Å²) in [5.74, 6) is -0.457. The van der Waals surface area contributed by atoms with E-state index in [0.717, 1.165) is 19.6 Å². The summed E-state index contributed by atoms with van der Waals surface area (Å²) in [6.45, 7) is 3.87. The van der Waals surface area contributed by atoms with Gasteiger partial charge < -0.3 is 4.90 Å². The molecule has 2 aromatic rings. The van der Waals surface area contributed by atoms with Gasteiger partial charge in [-0.3, -0.25) is 9.69 Å². The number of carbonyl (C=O) groups is 1. The molecule has 26 heavy (non-hydrogen) atoms. The molecule has 136 valence electrons. The van der Waals surface area contributed by atoms with Crippen molar-refractivity contribution in [3.63, 3.8) is 0 Å². The monoisotopic (exact) mass is 372 g/mol. The van der Waals surface area contributed by atoms with Crippen LogP contribution in [0.15, 0.2) is 54.6 Å². The van der Waals surface area contributed by atoms with E-state index in [0.29, 0.717) is 23.7 Å². The molecular weight excluding hydrogens is 351 g/mol. The summed E-state index contributed by atoms with van der Waals surface area (Å²) >= 11 is 5.75. The van der Waals surface area contributed by atoms with E-state index in [2.05, 4.69) is 29.2 Å². The van der Waals surface area contributed by atoms with E-state index in [9.17, 15) is 9.18 Å². The van der Waals surface area contributed by atoms with Gasteiger partial charge >= 0.3 is 0 Å². The van der Waals surface area contributed by atoms with Crippen LogP contribution in [-0.2, 0) is 11.2 Å². The van der Waals surface area contributed by atoms with Crippen LogP contribution in [0.5, 0.6) is 0 Å². The Kier molecular flexibility index (Phi) is 6.42. The van der Waals surface area contributed by atoms with E-state index < -0.39 is 5.82 Å². The van der Waals surface area contributed by atoms with Gasteiger partial charge in [0.25, 0.3) is 0 Å². The van der Waals surface area contributed by atoms with Crippen LogP contribution < -0.4 is 0 Å². The van der Waals surface area contributed by atoms with Crippen molar-refractivity contribution >= 4 is 23.6 Å². The van der Waals surface area contributed by atoms with E-state index >= 15 is 0 Å². The van der Waals surface area contributed by atoms with Gasteiger partial charge in [0.2, 0.25) is 5.91 Å². The first-order valence-corrected chi connectivity index (χ1v) is 9.15. The van der Waals surface area contributed by atoms with Gasteiger partial charge in [0.05, 0.1) is 6.42 Å². The summed E-state index contributed by atoms with van der Waals surface area (Å²) in [6.07, 6.45) is 4.34. The van der Waals surface area contributed by atoms with Crippen LogP contribution in [0.1, 0.15) is 11.1 Å². The Labute approximate surface area is 158 Å². The molecule has 0 unspecified atom stereocenters. The molecule has 5 heteroatoms. The maximum atomic E-state index is 13.8. The van der Waals surface area contributed by atoms with Crippen molar-refractivity contribution in [2.24, 2.45) is 0 Å². The van der Waals surface area contributed by atoms with Crippen LogP contribution in [-0.4, -0.2) is 48.4 Å². The lowest BCUT2D eigenvalue weighted by Crippen LogP contribution is -2.49. The predicted octanol–water partition coefficient (Wildman–Crippen LogP) is 3.88. The van der Waals surface area contributed by atoms with Gasteiger partial charge in [-0.15, -0.1) is 0 Å². The normalized spacial score (nSPS) is 15.5. The standard InChI is InChI=1S/C21H22ClFN2O/c22-19-9-8-18(20(23)16-19)15-21(26)25-13-11-24(12-14-25)10-4-7-17-5-2-1-3-6-17/h1-9,16H,10-15H2. The molecule has 0 aromatic heterocycles. The maximum Gasteiger partial charge on any atom is 0.227 e. The van der Waals surface area contributed by atoms with Crippen molar-refractivity contribution in [1.82, 2.24) is 9.80 Å². The Hall–Kier alpha value is -2.17. The number of carbonyl (C=O) groups excluding carboxylic acids is 1. The average molecular weight is 373 g/mol. The molecule has 1 amide bonds. The number of rotatable bonds is 5. The average Bonchev–Trinajstić information content (AvgIpc) is 2.65. The smallest absolute Gasteiger partial charge is 0.227 e. The number of piperazine rings is 1. The summed E-state index contributed by atoms with van der Waals surface area (Å²) in [5.41, 5.74) is 1.58. The van der Waals surface area contributed by atoms with Crippen molar-refractivity contribution in [3.8, 4) is 0 Å². The lowest BCUT2D eigenvalue weighted by Gasteiger charge is -2.34. The number of hydrogen-bond donors (Lipinski definition) is 0. The summed E-state index contributed by atoms with van der Waals surface area (Å²) < 4.78 is 13.8. The van der Waals surface area contributed by atoms with Gasteiger partial charge in [-0.1, -0.05) is 60.2 Å². The van der Waals surface area contributed by atoms with Crippen molar-refractivity contribution < 1.29 is 9.18 Å². The quantitative estimate of drug-likeness (QED) is 0.795. The van der Waals surface area contributed by atoms with Crippen molar-refractivity contribution in [1.29, 1.82) is 0 Å². The van der Waals surface area contributed by atoms with E-state index in [1.54, 1.807) is 12.1 Å². The summed E-state index contributed by atoms with van der Waals surface area (Å²) in [5, 5.41) is 0.343. The fourth-order valence-corrected chi connectivity index (χ4v) is 3.18. The minimum atomic E-state index is -0.421. The molecule has 2 aromatic carbocycles. The molecule has 0 saturated carbocycles. The molecule has 1 heterocycles. The van der Waals surface area contributed by atoms with Crippen molar-refractivity contribution in [3.05, 3.63) is 76.6 Å². The highest BCUT2D eigenvalue weighted by Gasteiger charge is 2.21. The third-order valence-electron chi connectivity index (χ3n) is 4.56. The highest BCUT2D eigenvalue weighted by molar-refractivity contribution is 6.30. The first-order chi connectivity index (χ1) is 12.6. The third-order valence-corrected chi connectivity index (χ3v) is 4.79. The van der Waals surface area contributed by atoms with Crippen molar-refractivity contribution in [2.75, 3.05) is 32.7 Å². The third kappa shape index (κ3) is 5.16. The summed E-state index contributed by atoms with van der Waals surface area (Å²) in [6, 6.07) is 14.6. The van der Waals surface area contributed by atoms with E-state index in [-0.39, 0.29) is 12.3 Å².